The molecule has 2 unspecified atom stereocenters. The van der Waals surface area contributed by atoms with Crippen LogP contribution in [0, 0.1) is 5.41 Å². The zero-order valence-corrected chi connectivity index (χ0v) is 19.4. The number of benzene rings is 1. The molecule has 3 fully saturated rings. The highest BCUT2D eigenvalue weighted by atomic mass is 16.5. The Hall–Kier alpha value is -2.08. The SMILES string of the molecule is CCNC(=NCc1ccc(C(=O)N2CC(C)OC(C)C2)cc1)N1CCC2(CCCC2)C1. The topological polar surface area (TPSA) is 57.2 Å². The fraction of sp³-hybridized carbons (Fsp3) is 0.680. The summed E-state index contributed by atoms with van der Waals surface area (Å²) in [7, 11) is 0. The number of nitrogens with one attached hydrogen (secondary N) is 1. The number of nitrogens with zero attached hydrogens (tertiary/aromatic N) is 3. The Kier molecular flexibility index (Phi) is 6.85. The van der Waals surface area contributed by atoms with Gasteiger partial charge in [-0.25, -0.2) is 4.99 Å². The molecule has 1 saturated carbocycles. The van der Waals surface area contributed by atoms with Crippen LogP contribution in [0.15, 0.2) is 29.3 Å². The fourth-order valence-electron chi connectivity index (χ4n) is 5.52. The normalized spacial score (nSPS) is 26.0. The summed E-state index contributed by atoms with van der Waals surface area (Å²) in [6, 6.07) is 7.95. The van der Waals surface area contributed by atoms with Crippen molar-refractivity contribution in [3.8, 4) is 0 Å². The minimum absolute atomic E-state index is 0.0831. The van der Waals surface area contributed by atoms with E-state index in [1.165, 1.54) is 32.1 Å². The molecule has 1 amide bonds. The van der Waals surface area contributed by atoms with Crippen LogP contribution in [0.25, 0.3) is 0 Å². The third-order valence-electron chi connectivity index (χ3n) is 7.06. The lowest BCUT2D eigenvalue weighted by atomic mass is 9.86. The van der Waals surface area contributed by atoms with Gasteiger partial charge in [-0.15, -0.1) is 0 Å². The summed E-state index contributed by atoms with van der Waals surface area (Å²) in [4.78, 5) is 22.2. The first-order valence-corrected chi connectivity index (χ1v) is 12.0. The predicted octanol–water partition coefficient (Wildman–Crippen LogP) is 3.67. The number of aliphatic imine (C=N–C) groups is 1. The van der Waals surface area contributed by atoms with Gasteiger partial charge in [0, 0.05) is 38.3 Å². The lowest BCUT2D eigenvalue weighted by Gasteiger charge is -2.35. The summed E-state index contributed by atoms with van der Waals surface area (Å²) in [6.45, 7) is 11.2. The van der Waals surface area contributed by atoms with Crippen molar-refractivity contribution in [2.45, 2.75) is 71.6 Å². The zero-order chi connectivity index (χ0) is 21.8. The van der Waals surface area contributed by atoms with Crippen molar-refractivity contribution in [3.63, 3.8) is 0 Å². The van der Waals surface area contributed by atoms with Crippen molar-refractivity contribution < 1.29 is 9.53 Å². The number of hydrogen-bond acceptors (Lipinski definition) is 3. The molecular formula is C25H38N4O2. The van der Waals surface area contributed by atoms with Gasteiger partial charge in [0.2, 0.25) is 0 Å². The Bertz CT molecular complexity index is 775. The summed E-state index contributed by atoms with van der Waals surface area (Å²) in [5, 5.41) is 3.49. The first-order valence-electron chi connectivity index (χ1n) is 12.0. The maximum atomic E-state index is 12.9. The third-order valence-corrected chi connectivity index (χ3v) is 7.06. The molecule has 1 aliphatic carbocycles. The van der Waals surface area contributed by atoms with Crippen LogP contribution in [0.3, 0.4) is 0 Å². The van der Waals surface area contributed by atoms with E-state index in [-0.39, 0.29) is 18.1 Å². The Labute approximate surface area is 187 Å². The lowest BCUT2D eigenvalue weighted by Crippen LogP contribution is -2.48. The van der Waals surface area contributed by atoms with Gasteiger partial charge < -0.3 is 19.9 Å². The molecule has 2 aliphatic heterocycles. The average molecular weight is 427 g/mol. The van der Waals surface area contributed by atoms with E-state index in [2.05, 4.69) is 17.1 Å². The highest BCUT2D eigenvalue weighted by molar-refractivity contribution is 5.94. The molecule has 6 nitrogen and oxygen atoms in total. The van der Waals surface area contributed by atoms with Crippen LogP contribution in [0.1, 0.15) is 68.8 Å². The number of amides is 1. The second-order valence-corrected chi connectivity index (χ2v) is 9.71. The molecule has 1 aromatic rings. The second kappa shape index (κ2) is 9.60. The maximum absolute atomic E-state index is 12.9. The van der Waals surface area contributed by atoms with Crippen molar-refractivity contribution in [2.75, 3.05) is 32.7 Å². The minimum Gasteiger partial charge on any atom is -0.372 e. The second-order valence-electron chi connectivity index (χ2n) is 9.71. The predicted molar refractivity (Wildman–Crippen MR) is 124 cm³/mol. The molecule has 31 heavy (non-hydrogen) atoms. The summed E-state index contributed by atoms with van der Waals surface area (Å²) < 4.78 is 5.75. The Morgan fingerprint density at radius 1 is 1.10 bits per heavy atom. The molecule has 170 valence electrons. The van der Waals surface area contributed by atoms with Crippen LogP contribution in [-0.4, -0.2) is 66.6 Å². The van der Waals surface area contributed by atoms with Crippen LogP contribution in [0.4, 0.5) is 0 Å². The number of carbonyl (C=O) groups excluding carboxylic acids is 1. The van der Waals surface area contributed by atoms with Crippen LogP contribution in [0.2, 0.25) is 0 Å². The maximum Gasteiger partial charge on any atom is 0.254 e. The van der Waals surface area contributed by atoms with Gasteiger partial charge in [-0.05, 0) is 63.1 Å². The molecule has 3 aliphatic rings. The van der Waals surface area contributed by atoms with E-state index in [1.807, 2.05) is 43.0 Å². The number of morpholine rings is 1. The smallest absolute Gasteiger partial charge is 0.254 e. The van der Waals surface area contributed by atoms with Crippen molar-refractivity contribution in [1.29, 1.82) is 0 Å². The Balaban J connectivity index is 1.38. The van der Waals surface area contributed by atoms with E-state index in [0.29, 0.717) is 25.0 Å². The number of likely N-dealkylation sites (tertiary alicyclic amines) is 1. The molecule has 2 atom stereocenters. The molecule has 1 N–H and O–H groups in total. The van der Waals surface area contributed by atoms with Gasteiger partial charge in [0.05, 0.1) is 18.8 Å². The van der Waals surface area contributed by atoms with E-state index in [4.69, 9.17) is 9.73 Å². The first kappa shape index (κ1) is 22.1. The number of guanidine groups is 1. The average Bonchev–Trinajstić information content (AvgIpc) is 3.40. The van der Waals surface area contributed by atoms with Gasteiger partial charge in [-0.1, -0.05) is 25.0 Å². The van der Waals surface area contributed by atoms with Gasteiger partial charge >= 0.3 is 0 Å². The van der Waals surface area contributed by atoms with Gasteiger partial charge in [-0.3, -0.25) is 4.79 Å². The molecule has 2 heterocycles. The molecule has 6 heteroatoms. The lowest BCUT2D eigenvalue weighted by molar-refractivity contribution is -0.0586. The van der Waals surface area contributed by atoms with Crippen LogP contribution >= 0.6 is 0 Å². The van der Waals surface area contributed by atoms with E-state index >= 15 is 0 Å². The Morgan fingerprint density at radius 3 is 2.42 bits per heavy atom. The number of carbonyl (C=O) groups is 1. The molecule has 0 bridgehead atoms. The molecule has 4 rings (SSSR count). The van der Waals surface area contributed by atoms with E-state index < -0.39 is 0 Å². The molecule has 1 aromatic carbocycles. The number of rotatable bonds is 4. The summed E-state index contributed by atoms with van der Waals surface area (Å²) in [5.74, 6) is 1.12. The third kappa shape index (κ3) is 5.22. The standard InChI is InChI=1S/C25H38N4O2/c1-4-26-24(28-14-13-25(18-28)11-5-6-12-25)27-15-21-7-9-22(10-8-21)23(30)29-16-19(2)31-20(3)17-29/h7-10,19-20H,4-6,11-18H2,1-3H3,(H,26,27). The summed E-state index contributed by atoms with van der Waals surface area (Å²) in [5.41, 5.74) is 2.40. The van der Waals surface area contributed by atoms with Gasteiger partial charge in [0.1, 0.15) is 0 Å². The van der Waals surface area contributed by atoms with Gasteiger partial charge in [0.15, 0.2) is 5.96 Å². The van der Waals surface area contributed by atoms with E-state index in [1.54, 1.807) is 0 Å². The highest BCUT2D eigenvalue weighted by Crippen LogP contribution is 2.45. The van der Waals surface area contributed by atoms with Crippen molar-refractivity contribution >= 4 is 11.9 Å². The summed E-state index contributed by atoms with van der Waals surface area (Å²) in [6.07, 6.45) is 6.98. The molecule has 0 radical (unpaired) electrons. The largest absolute Gasteiger partial charge is 0.372 e. The van der Waals surface area contributed by atoms with Crippen LogP contribution < -0.4 is 5.32 Å². The first-order chi connectivity index (χ1) is 15.0. The van der Waals surface area contributed by atoms with E-state index in [0.717, 1.165) is 36.7 Å². The fourth-order valence-corrected chi connectivity index (χ4v) is 5.52. The summed E-state index contributed by atoms with van der Waals surface area (Å²) >= 11 is 0. The number of hydrogen-bond donors (Lipinski definition) is 1. The quantitative estimate of drug-likeness (QED) is 0.590. The van der Waals surface area contributed by atoms with Crippen molar-refractivity contribution in [3.05, 3.63) is 35.4 Å². The number of ether oxygens (including phenoxy) is 1. The molecule has 1 spiro atoms. The monoisotopic (exact) mass is 426 g/mol. The minimum atomic E-state index is 0.0831. The van der Waals surface area contributed by atoms with Gasteiger partial charge in [-0.2, -0.15) is 0 Å². The Morgan fingerprint density at radius 2 is 1.77 bits per heavy atom. The van der Waals surface area contributed by atoms with E-state index in [9.17, 15) is 4.79 Å². The zero-order valence-electron chi connectivity index (χ0n) is 19.4. The van der Waals surface area contributed by atoms with Crippen molar-refractivity contribution in [1.82, 2.24) is 15.1 Å². The molecule has 2 saturated heterocycles. The van der Waals surface area contributed by atoms with Crippen LogP contribution in [-0.2, 0) is 11.3 Å². The highest BCUT2D eigenvalue weighted by Gasteiger charge is 2.41. The molecular weight excluding hydrogens is 388 g/mol. The molecule has 0 aromatic heterocycles. The van der Waals surface area contributed by atoms with Gasteiger partial charge in [0.25, 0.3) is 5.91 Å². The van der Waals surface area contributed by atoms with Crippen LogP contribution in [0.5, 0.6) is 0 Å². The van der Waals surface area contributed by atoms with Crippen molar-refractivity contribution in [2.24, 2.45) is 10.4 Å².